The van der Waals surface area contributed by atoms with Crippen LogP contribution < -0.4 is 10.6 Å². The molecular weight excluding hydrogens is 422 g/mol. The molecular formula is C22H23N9O2. The van der Waals surface area contributed by atoms with Crippen LogP contribution in [0.25, 0.3) is 11.2 Å². The number of fused-ring (bicyclic) bond motifs is 1. The number of aromatic nitrogens is 4. The van der Waals surface area contributed by atoms with Crippen LogP contribution in [0, 0.1) is 29.6 Å². The second-order valence-electron chi connectivity index (χ2n) is 7.89. The highest BCUT2D eigenvalue weighted by atomic mass is 16.2. The summed E-state index contributed by atoms with van der Waals surface area (Å²) in [5.74, 6) is -0.326. The third kappa shape index (κ3) is 4.10. The van der Waals surface area contributed by atoms with Crippen molar-refractivity contribution >= 4 is 34.5 Å². The average Bonchev–Trinajstić information content (AvgIpc) is 3.21. The smallest absolute Gasteiger partial charge is 0.255 e. The number of H-pyrrole nitrogens is 1. The Bertz CT molecular complexity index is 1300. The zero-order valence-electron chi connectivity index (χ0n) is 18.4. The molecule has 3 aromatic rings. The first-order valence-corrected chi connectivity index (χ1v) is 10.4. The fourth-order valence-electron chi connectivity index (χ4n) is 3.62. The zero-order chi connectivity index (χ0) is 23.7. The van der Waals surface area contributed by atoms with E-state index in [1.54, 1.807) is 31.0 Å². The molecule has 0 bridgehead atoms. The van der Waals surface area contributed by atoms with Gasteiger partial charge in [-0.15, -0.1) is 0 Å². The van der Waals surface area contributed by atoms with Gasteiger partial charge in [-0.1, -0.05) is 0 Å². The van der Waals surface area contributed by atoms with Crippen LogP contribution in [0.3, 0.4) is 0 Å². The highest BCUT2D eigenvalue weighted by molar-refractivity contribution is 6.13. The number of nitrogens with zero attached hydrogens (tertiary/aromatic N) is 5. The van der Waals surface area contributed by atoms with Crippen LogP contribution in [-0.4, -0.2) is 68.5 Å². The number of anilines is 1. The van der Waals surface area contributed by atoms with Gasteiger partial charge in [0, 0.05) is 37.6 Å². The number of carbonyl (C=O) groups excluding carboxylic acids is 2. The third-order valence-electron chi connectivity index (χ3n) is 5.52. The minimum Gasteiger partial charge on any atom is -0.373 e. The SMILES string of the molecule is CNc1nc(C)ccc1C(=N)c1cnc2[nH]cc(C(=O)NC(C)C(=O)N3CC(C#N)C3)c2n1. The maximum atomic E-state index is 12.9. The minimum atomic E-state index is -0.756. The van der Waals surface area contributed by atoms with Gasteiger partial charge in [0.2, 0.25) is 5.91 Å². The molecule has 1 fully saturated rings. The van der Waals surface area contributed by atoms with Crippen molar-refractivity contribution in [1.29, 1.82) is 10.7 Å². The Labute approximate surface area is 189 Å². The average molecular weight is 445 g/mol. The van der Waals surface area contributed by atoms with Gasteiger partial charge in [0.15, 0.2) is 5.65 Å². The number of pyridine rings is 1. The molecule has 33 heavy (non-hydrogen) atoms. The molecule has 168 valence electrons. The first kappa shape index (κ1) is 21.9. The second-order valence-corrected chi connectivity index (χ2v) is 7.89. The molecule has 0 radical (unpaired) electrons. The highest BCUT2D eigenvalue weighted by Gasteiger charge is 2.33. The molecule has 11 nitrogen and oxygen atoms in total. The molecule has 0 spiro atoms. The number of aryl methyl sites for hydroxylation is 1. The number of amides is 2. The van der Waals surface area contributed by atoms with Crippen LogP contribution in [0.2, 0.25) is 0 Å². The summed E-state index contributed by atoms with van der Waals surface area (Å²) in [6.07, 6.45) is 2.94. The van der Waals surface area contributed by atoms with Gasteiger partial charge in [0.1, 0.15) is 23.1 Å². The quantitative estimate of drug-likeness (QED) is 0.414. The van der Waals surface area contributed by atoms with Crippen LogP contribution in [0.1, 0.15) is 34.2 Å². The summed E-state index contributed by atoms with van der Waals surface area (Å²) in [4.78, 5) is 43.0. The Kier molecular flexibility index (Phi) is 5.74. The number of carbonyl (C=O) groups is 2. The lowest BCUT2D eigenvalue weighted by atomic mass is 10.0. The molecule has 0 aliphatic carbocycles. The predicted molar refractivity (Wildman–Crippen MR) is 121 cm³/mol. The van der Waals surface area contributed by atoms with Crippen molar-refractivity contribution in [3.8, 4) is 6.07 Å². The van der Waals surface area contributed by atoms with Gasteiger partial charge in [0.05, 0.1) is 29.5 Å². The molecule has 4 N–H and O–H groups in total. The molecule has 1 unspecified atom stereocenters. The second kappa shape index (κ2) is 8.66. The fraction of sp³-hybridized carbons (Fsp3) is 0.318. The van der Waals surface area contributed by atoms with Gasteiger partial charge in [-0.2, -0.15) is 5.26 Å². The Morgan fingerprint density at radius 2 is 2.06 bits per heavy atom. The van der Waals surface area contributed by atoms with Crippen molar-refractivity contribution in [1.82, 2.24) is 30.2 Å². The topological polar surface area (TPSA) is 164 Å². The van der Waals surface area contributed by atoms with Crippen molar-refractivity contribution < 1.29 is 9.59 Å². The first-order valence-electron chi connectivity index (χ1n) is 10.4. The number of hydrogen-bond donors (Lipinski definition) is 4. The van der Waals surface area contributed by atoms with Crippen molar-refractivity contribution in [2.75, 3.05) is 25.5 Å². The normalized spacial score (nSPS) is 14.3. The van der Waals surface area contributed by atoms with Crippen molar-refractivity contribution in [3.63, 3.8) is 0 Å². The molecule has 1 aliphatic rings. The van der Waals surface area contributed by atoms with Gasteiger partial charge < -0.3 is 20.5 Å². The largest absolute Gasteiger partial charge is 0.373 e. The van der Waals surface area contributed by atoms with Crippen LogP contribution in [0.5, 0.6) is 0 Å². The van der Waals surface area contributed by atoms with Crippen molar-refractivity contribution in [3.05, 3.63) is 47.0 Å². The monoisotopic (exact) mass is 445 g/mol. The lowest BCUT2D eigenvalue weighted by molar-refractivity contribution is -0.137. The maximum absolute atomic E-state index is 12.9. The summed E-state index contributed by atoms with van der Waals surface area (Å²) in [7, 11) is 1.73. The van der Waals surface area contributed by atoms with Gasteiger partial charge in [-0.3, -0.25) is 15.0 Å². The summed E-state index contributed by atoms with van der Waals surface area (Å²) in [5, 5.41) is 23.1. The van der Waals surface area contributed by atoms with Gasteiger partial charge in [0.25, 0.3) is 5.91 Å². The predicted octanol–water partition coefficient (Wildman–Crippen LogP) is 1.22. The zero-order valence-corrected chi connectivity index (χ0v) is 18.4. The number of hydrogen-bond acceptors (Lipinski definition) is 8. The van der Waals surface area contributed by atoms with E-state index < -0.39 is 11.9 Å². The highest BCUT2D eigenvalue weighted by Crippen LogP contribution is 2.20. The lowest BCUT2D eigenvalue weighted by Crippen LogP contribution is -2.55. The standard InChI is InChI=1S/C22H23N9O2/c1-11-4-5-14(19(25-3)28-11)17(24)16-8-27-20-18(30-16)15(7-26-20)21(32)29-12(2)22(33)31-9-13(6-23)10-31/h4-5,7-8,12-13,24H,9-10H2,1-3H3,(H,25,28)(H,26,27)(H,29,32). The van der Waals surface area contributed by atoms with E-state index in [0.29, 0.717) is 35.6 Å². The molecule has 2 amide bonds. The number of nitriles is 1. The van der Waals surface area contributed by atoms with Crippen molar-refractivity contribution in [2.45, 2.75) is 19.9 Å². The van der Waals surface area contributed by atoms with Crippen LogP contribution in [-0.2, 0) is 4.79 Å². The minimum absolute atomic E-state index is 0.113. The Balaban J connectivity index is 1.56. The van der Waals surface area contributed by atoms with Crippen LogP contribution in [0.15, 0.2) is 24.5 Å². The molecule has 1 aliphatic heterocycles. The fourth-order valence-corrected chi connectivity index (χ4v) is 3.62. The van der Waals surface area contributed by atoms with Crippen molar-refractivity contribution in [2.24, 2.45) is 5.92 Å². The van der Waals surface area contributed by atoms with E-state index in [9.17, 15) is 9.59 Å². The Morgan fingerprint density at radius 1 is 1.30 bits per heavy atom. The third-order valence-corrected chi connectivity index (χ3v) is 5.52. The van der Waals surface area contributed by atoms with E-state index in [-0.39, 0.29) is 28.8 Å². The van der Waals surface area contributed by atoms with E-state index in [2.05, 4.69) is 36.6 Å². The molecule has 11 heteroatoms. The first-order chi connectivity index (χ1) is 15.8. The summed E-state index contributed by atoms with van der Waals surface area (Å²) in [6, 6.07) is 4.95. The summed E-state index contributed by atoms with van der Waals surface area (Å²) < 4.78 is 0. The number of aromatic amines is 1. The summed E-state index contributed by atoms with van der Waals surface area (Å²) in [5.41, 5.74) is 2.68. The number of nitrogens with one attached hydrogen (secondary N) is 4. The maximum Gasteiger partial charge on any atom is 0.255 e. The van der Waals surface area contributed by atoms with E-state index >= 15 is 0 Å². The van der Waals surface area contributed by atoms with E-state index in [1.807, 2.05) is 6.92 Å². The van der Waals surface area contributed by atoms with Crippen LogP contribution in [0.4, 0.5) is 5.82 Å². The lowest BCUT2D eigenvalue weighted by Gasteiger charge is -2.37. The van der Waals surface area contributed by atoms with Gasteiger partial charge in [-0.25, -0.2) is 15.0 Å². The van der Waals surface area contributed by atoms with Crippen LogP contribution >= 0.6 is 0 Å². The molecule has 0 aromatic carbocycles. The number of likely N-dealkylation sites (tertiary alicyclic amines) is 1. The molecule has 1 atom stereocenters. The summed E-state index contributed by atoms with van der Waals surface area (Å²) >= 11 is 0. The molecule has 4 rings (SSSR count). The van der Waals surface area contributed by atoms with E-state index in [4.69, 9.17) is 10.7 Å². The van der Waals surface area contributed by atoms with Gasteiger partial charge >= 0.3 is 0 Å². The Hall–Kier alpha value is -4.33. The van der Waals surface area contributed by atoms with E-state index in [1.165, 1.54) is 12.4 Å². The summed E-state index contributed by atoms with van der Waals surface area (Å²) in [6.45, 7) is 4.22. The molecule has 4 heterocycles. The molecule has 1 saturated heterocycles. The van der Waals surface area contributed by atoms with E-state index in [0.717, 1.165) is 5.69 Å². The van der Waals surface area contributed by atoms with Gasteiger partial charge in [-0.05, 0) is 26.0 Å². The molecule has 0 saturated carbocycles. The number of rotatable bonds is 6. The Morgan fingerprint density at radius 3 is 2.76 bits per heavy atom. The molecule has 3 aromatic heterocycles.